The first-order chi connectivity index (χ1) is 10.6. The van der Waals surface area contributed by atoms with Crippen molar-refractivity contribution in [2.24, 2.45) is 11.1 Å². The smallest absolute Gasteiger partial charge is 0.254 e. The summed E-state index contributed by atoms with van der Waals surface area (Å²) in [6.45, 7) is 4.89. The van der Waals surface area contributed by atoms with E-state index in [1.54, 1.807) is 6.20 Å². The van der Waals surface area contributed by atoms with Gasteiger partial charge in [-0.25, -0.2) is 0 Å². The van der Waals surface area contributed by atoms with Crippen LogP contribution in [0, 0.1) is 5.41 Å². The monoisotopic (exact) mass is 370 g/mol. The summed E-state index contributed by atoms with van der Waals surface area (Å²) >= 11 is 0. The molecule has 1 aromatic heterocycles. The van der Waals surface area contributed by atoms with Crippen molar-refractivity contribution in [3.8, 4) is 0 Å². The normalized spacial score (nSPS) is 19.5. The Hall–Kier alpha value is -1.56. The standard InChI is InChI=1S/C17H22N4O.2ClH/c1-17(12-18)7-10-20(13-17)16(22)15-6-3-2-5-14(15)11-21-9-4-8-19-21;;/h2-6,8-9H,7,10-13,18H2,1H3;2*1H. The fraction of sp³-hybridized carbons (Fsp3) is 0.412. The molecule has 5 nitrogen and oxygen atoms in total. The highest BCUT2D eigenvalue weighted by Gasteiger charge is 2.35. The fourth-order valence-electron chi connectivity index (χ4n) is 2.97. The number of hydrogen-bond acceptors (Lipinski definition) is 3. The Balaban J connectivity index is 0.00000144. The zero-order chi connectivity index (χ0) is 15.6. The van der Waals surface area contributed by atoms with Crippen LogP contribution in [0.5, 0.6) is 0 Å². The third-order valence-corrected chi connectivity index (χ3v) is 4.48. The van der Waals surface area contributed by atoms with E-state index in [4.69, 9.17) is 5.73 Å². The zero-order valence-corrected chi connectivity index (χ0v) is 15.4. The van der Waals surface area contributed by atoms with Gasteiger partial charge in [0, 0.05) is 31.0 Å². The van der Waals surface area contributed by atoms with Gasteiger partial charge in [-0.05, 0) is 36.1 Å². The number of nitrogens with two attached hydrogens (primary N) is 1. The number of rotatable bonds is 4. The molecule has 3 rings (SSSR count). The van der Waals surface area contributed by atoms with Gasteiger partial charge in [0.05, 0.1) is 6.54 Å². The van der Waals surface area contributed by atoms with E-state index in [-0.39, 0.29) is 36.1 Å². The van der Waals surface area contributed by atoms with E-state index in [2.05, 4.69) is 12.0 Å². The van der Waals surface area contributed by atoms with Gasteiger partial charge in [-0.1, -0.05) is 25.1 Å². The molecule has 1 unspecified atom stereocenters. The maximum atomic E-state index is 12.9. The van der Waals surface area contributed by atoms with Crippen LogP contribution in [0.1, 0.15) is 29.3 Å². The number of likely N-dealkylation sites (tertiary alicyclic amines) is 1. The van der Waals surface area contributed by atoms with Crippen molar-refractivity contribution in [1.82, 2.24) is 14.7 Å². The summed E-state index contributed by atoms with van der Waals surface area (Å²) < 4.78 is 1.83. The molecule has 0 radical (unpaired) electrons. The molecule has 2 aromatic rings. The molecular formula is C17H24Cl2N4O. The van der Waals surface area contributed by atoms with Gasteiger partial charge < -0.3 is 10.6 Å². The first-order valence-electron chi connectivity index (χ1n) is 7.66. The summed E-state index contributed by atoms with van der Waals surface area (Å²) in [5, 5.41) is 4.22. The number of carbonyl (C=O) groups excluding carboxylic acids is 1. The lowest BCUT2D eigenvalue weighted by Crippen LogP contribution is -2.35. The van der Waals surface area contributed by atoms with Crippen molar-refractivity contribution >= 4 is 30.7 Å². The van der Waals surface area contributed by atoms with Crippen LogP contribution in [0.4, 0.5) is 0 Å². The van der Waals surface area contributed by atoms with Gasteiger partial charge in [-0.3, -0.25) is 9.48 Å². The highest BCUT2D eigenvalue weighted by atomic mass is 35.5. The second kappa shape index (κ2) is 8.51. The lowest BCUT2D eigenvalue weighted by molar-refractivity contribution is 0.0775. The van der Waals surface area contributed by atoms with E-state index in [0.717, 1.165) is 30.6 Å². The Kier molecular flexibility index (Phi) is 7.27. The van der Waals surface area contributed by atoms with Gasteiger partial charge in [0.2, 0.25) is 0 Å². The number of aromatic nitrogens is 2. The van der Waals surface area contributed by atoms with Crippen LogP contribution in [0.15, 0.2) is 42.7 Å². The Morgan fingerprint density at radius 2 is 2.04 bits per heavy atom. The van der Waals surface area contributed by atoms with E-state index in [0.29, 0.717) is 13.1 Å². The van der Waals surface area contributed by atoms with Crippen molar-refractivity contribution in [3.05, 3.63) is 53.9 Å². The summed E-state index contributed by atoms with van der Waals surface area (Å²) in [6.07, 6.45) is 4.62. The molecule has 0 bridgehead atoms. The summed E-state index contributed by atoms with van der Waals surface area (Å²) in [6, 6.07) is 9.66. The Bertz CT molecular complexity index is 662. The van der Waals surface area contributed by atoms with E-state index in [1.165, 1.54) is 0 Å². The molecule has 0 spiro atoms. The van der Waals surface area contributed by atoms with Crippen molar-refractivity contribution in [1.29, 1.82) is 0 Å². The van der Waals surface area contributed by atoms with E-state index in [9.17, 15) is 4.79 Å². The van der Waals surface area contributed by atoms with Crippen LogP contribution < -0.4 is 5.73 Å². The minimum Gasteiger partial charge on any atom is -0.338 e. The molecule has 1 aliphatic heterocycles. The lowest BCUT2D eigenvalue weighted by Gasteiger charge is -2.23. The minimum atomic E-state index is 0. The number of hydrogen-bond donors (Lipinski definition) is 1. The summed E-state index contributed by atoms with van der Waals surface area (Å²) in [5.41, 5.74) is 7.65. The van der Waals surface area contributed by atoms with Gasteiger partial charge in [-0.15, -0.1) is 24.8 Å². The molecule has 7 heteroatoms. The number of benzene rings is 1. The molecule has 1 aromatic carbocycles. The SMILES string of the molecule is CC1(CN)CCN(C(=O)c2ccccc2Cn2cccn2)C1.Cl.Cl. The number of amides is 1. The van der Waals surface area contributed by atoms with Crippen molar-refractivity contribution < 1.29 is 4.79 Å². The molecule has 132 valence electrons. The van der Waals surface area contributed by atoms with Crippen LogP contribution in [0.3, 0.4) is 0 Å². The summed E-state index contributed by atoms with van der Waals surface area (Å²) in [7, 11) is 0. The largest absolute Gasteiger partial charge is 0.338 e. The molecule has 2 N–H and O–H groups in total. The molecule has 1 aliphatic rings. The van der Waals surface area contributed by atoms with E-state index >= 15 is 0 Å². The molecule has 2 heterocycles. The first kappa shape index (κ1) is 20.5. The molecular weight excluding hydrogens is 347 g/mol. The van der Waals surface area contributed by atoms with Gasteiger partial charge in [0.15, 0.2) is 0 Å². The maximum Gasteiger partial charge on any atom is 0.254 e. The summed E-state index contributed by atoms with van der Waals surface area (Å²) in [4.78, 5) is 14.8. The second-order valence-corrected chi connectivity index (χ2v) is 6.35. The van der Waals surface area contributed by atoms with Crippen LogP contribution in [0.2, 0.25) is 0 Å². The predicted molar refractivity (Wildman–Crippen MR) is 99.9 cm³/mol. The topological polar surface area (TPSA) is 64.2 Å². The average molecular weight is 371 g/mol. The fourth-order valence-corrected chi connectivity index (χ4v) is 2.97. The highest BCUT2D eigenvalue weighted by molar-refractivity contribution is 5.96. The van der Waals surface area contributed by atoms with Gasteiger partial charge in [0.25, 0.3) is 5.91 Å². The van der Waals surface area contributed by atoms with Crippen LogP contribution in [-0.4, -0.2) is 40.2 Å². The van der Waals surface area contributed by atoms with Gasteiger partial charge >= 0.3 is 0 Å². The lowest BCUT2D eigenvalue weighted by atomic mass is 9.90. The Morgan fingerprint density at radius 3 is 2.67 bits per heavy atom. The van der Waals surface area contributed by atoms with Gasteiger partial charge in [0.1, 0.15) is 0 Å². The van der Waals surface area contributed by atoms with E-state index in [1.807, 2.05) is 46.1 Å². The third kappa shape index (κ3) is 4.29. The molecule has 0 saturated carbocycles. The predicted octanol–water partition coefficient (Wildman–Crippen LogP) is 2.59. The van der Waals surface area contributed by atoms with Crippen molar-refractivity contribution in [2.45, 2.75) is 19.9 Å². The van der Waals surface area contributed by atoms with Crippen LogP contribution in [0.25, 0.3) is 0 Å². The average Bonchev–Trinajstić information content (AvgIpc) is 3.18. The molecule has 1 fully saturated rings. The van der Waals surface area contributed by atoms with Crippen LogP contribution in [-0.2, 0) is 6.54 Å². The van der Waals surface area contributed by atoms with Crippen molar-refractivity contribution in [2.75, 3.05) is 19.6 Å². The van der Waals surface area contributed by atoms with Crippen LogP contribution >= 0.6 is 24.8 Å². The minimum absolute atomic E-state index is 0. The Morgan fingerprint density at radius 1 is 1.29 bits per heavy atom. The molecule has 1 amide bonds. The van der Waals surface area contributed by atoms with Crippen molar-refractivity contribution in [3.63, 3.8) is 0 Å². The summed E-state index contributed by atoms with van der Waals surface area (Å²) in [5.74, 6) is 0.0972. The maximum absolute atomic E-state index is 12.9. The first-order valence-corrected chi connectivity index (χ1v) is 7.66. The van der Waals surface area contributed by atoms with E-state index < -0.39 is 0 Å². The molecule has 1 atom stereocenters. The highest BCUT2D eigenvalue weighted by Crippen LogP contribution is 2.30. The molecule has 0 aliphatic carbocycles. The van der Waals surface area contributed by atoms with Gasteiger partial charge in [-0.2, -0.15) is 5.10 Å². The molecule has 24 heavy (non-hydrogen) atoms. The second-order valence-electron chi connectivity index (χ2n) is 6.35. The molecule has 1 saturated heterocycles. The zero-order valence-electron chi connectivity index (χ0n) is 13.7. The number of nitrogens with zero attached hydrogens (tertiary/aromatic N) is 3. The quantitative estimate of drug-likeness (QED) is 0.899. The number of halogens is 2. The Labute approximate surface area is 155 Å². The third-order valence-electron chi connectivity index (χ3n) is 4.48. The number of carbonyl (C=O) groups is 1.